The van der Waals surface area contributed by atoms with Crippen LogP contribution in [-0.4, -0.2) is 16.7 Å². The Balaban J connectivity index is 1.83. The van der Waals surface area contributed by atoms with E-state index >= 15 is 0 Å². The summed E-state index contributed by atoms with van der Waals surface area (Å²) in [6.07, 6.45) is 4.02. The van der Waals surface area contributed by atoms with Crippen LogP contribution in [0.4, 0.5) is 0 Å². The minimum Gasteiger partial charge on any atom is -0.493 e. The summed E-state index contributed by atoms with van der Waals surface area (Å²) >= 11 is 0. The maximum Gasteiger partial charge on any atom is 0.161 e. The second-order valence-electron chi connectivity index (χ2n) is 5.27. The van der Waals surface area contributed by atoms with Crippen LogP contribution in [0.2, 0.25) is 0 Å². The SMILES string of the molecule is C/C=C/c1ccc(OCc2nc3ccccc3n2C)c(OC)c1. The highest BCUT2D eigenvalue weighted by atomic mass is 16.5. The van der Waals surface area contributed by atoms with Crippen molar-refractivity contribution in [3.05, 3.63) is 59.9 Å². The molecule has 4 nitrogen and oxygen atoms in total. The molecule has 0 bridgehead atoms. The summed E-state index contributed by atoms with van der Waals surface area (Å²) in [6.45, 7) is 2.38. The van der Waals surface area contributed by atoms with E-state index in [0.717, 1.165) is 28.2 Å². The van der Waals surface area contributed by atoms with Crippen LogP contribution in [0.15, 0.2) is 48.5 Å². The van der Waals surface area contributed by atoms with E-state index in [0.29, 0.717) is 12.4 Å². The second kappa shape index (κ2) is 6.57. The summed E-state index contributed by atoms with van der Waals surface area (Å²) in [7, 11) is 3.65. The fourth-order valence-electron chi connectivity index (χ4n) is 2.57. The smallest absolute Gasteiger partial charge is 0.161 e. The van der Waals surface area contributed by atoms with Gasteiger partial charge in [-0.2, -0.15) is 0 Å². The number of allylic oxidation sites excluding steroid dienone is 1. The summed E-state index contributed by atoms with van der Waals surface area (Å²) in [5.74, 6) is 2.32. The minimum absolute atomic E-state index is 0.393. The monoisotopic (exact) mass is 308 g/mol. The van der Waals surface area contributed by atoms with E-state index in [1.807, 2.05) is 62.5 Å². The predicted octanol–water partition coefficient (Wildman–Crippen LogP) is 4.19. The Kier molecular flexibility index (Phi) is 4.33. The van der Waals surface area contributed by atoms with Crippen molar-refractivity contribution in [2.75, 3.05) is 7.11 Å². The largest absolute Gasteiger partial charge is 0.493 e. The maximum atomic E-state index is 5.93. The quantitative estimate of drug-likeness (QED) is 0.709. The Bertz CT molecular complexity index is 850. The third kappa shape index (κ3) is 3.06. The van der Waals surface area contributed by atoms with E-state index in [1.165, 1.54) is 0 Å². The Morgan fingerprint density at radius 1 is 1.13 bits per heavy atom. The minimum atomic E-state index is 0.393. The predicted molar refractivity (Wildman–Crippen MR) is 92.7 cm³/mol. The van der Waals surface area contributed by atoms with Gasteiger partial charge in [0, 0.05) is 7.05 Å². The number of methoxy groups -OCH3 is 1. The highest BCUT2D eigenvalue weighted by molar-refractivity contribution is 5.75. The molecule has 0 amide bonds. The fourth-order valence-corrected chi connectivity index (χ4v) is 2.57. The molecule has 0 aliphatic rings. The maximum absolute atomic E-state index is 5.93. The van der Waals surface area contributed by atoms with E-state index in [2.05, 4.69) is 15.6 Å². The number of aryl methyl sites for hydroxylation is 1. The molecule has 0 aliphatic heterocycles. The molecule has 0 aliphatic carbocycles. The average Bonchev–Trinajstić information content (AvgIpc) is 2.90. The van der Waals surface area contributed by atoms with Crippen LogP contribution in [0.1, 0.15) is 18.3 Å². The summed E-state index contributed by atoms with van der Waals surface area (Å²) in [6, 6.07) is 14.0. The number of hydrogen-bond acceptors (Lipinski definition) is 3. The average molecular weight is 308 g/mol. The number of rotatable bonds is 5. The number of aromatic nitrogens is 2. The summed E-state index contributed by atoms with van der Waals surface area (Å²) < 4.78 is 13.4. The van der Waals surface area contributed by atoms with Crippen LogP contribution >= 0.6 is 0 Å². The van der Waals surface area contributed by atoms with Crippen molar-refractivity contribution < 1.29 is 9.47 Å². The van der Waals surface area contributed by atoms with Crippen molar-refractivity contribution in [1.29, 1.82) is 0 Å². The van der Waals surface area contributed by atoms with Crippen molar-refractivity contribution in [3.8, 4) is 11.5 Å². The number of imidazole rings is 1. The molecule has 0 radical (unpaired) electrons. The van der Waals surface area contributed by atoms with Gasteiger partial charge in [0.15, 0.2) is 11.5 Å². The highest BCUT2D eigenvalue weighted by Gasteiger charge is 2.10. The molecule has 0 unspecified atom stereocenters. The third-order valence-electron chi connectivity index (χ3n) is 3.78. The van der Waals surface area contributed by atoms with Crippen LogP contribution in [0.25, 0.3) is 17.1 Å². The summed E-state index contributed by atoms with van der Waals surface area (Å²) in [4.78, 5) is 4.62. The van der Waals surface area contributed by atoms with Gasteiger partial charge in [-0.3, -0.25) is 0 Å². The van der Waals surface area contributed by atoms with E-state index in [1.54, 1.807) is 7.11 Å². The standard InChI is InChI=1S/C19H20N2O2/c1-4-7-14-10-11-17(18(12-14)22-3)23-13-19-20-15-8-5-6-9-16(15)21(19)2/h4-12H,13H2,1-3H3/b7-4+. The number of fused-ring (bicyclic) bond motifs is 1. The molecule has 0 fully saturated rings. The molecule has 1 heterocycles. The molecule has 0 N–H and O–H groups in total. The molecular formula is C19H20N2O2. The van der Waals surface area contributed by atoms with Crippen LogP contribution in [0.5, 0.6) is 11.5 Å². The van der Waals surface area contributed by atoms with E-state index in [-0.39, 0.29) is 0 Å². The first-order chi connectivity index (χ1) is 11.2. The van der Waals surface area contributed by atoms with Crippen molar-refractivity contribution in [2.24, 2.45) is 7.05 Å². The molecule has 3 rings (SSSR count). The molecule has 4 heteroatoms. The van der Waals surface area contributed by atoms with Crippen molar-refractivity contribution >= 4 is 17.1 Å². The molecule has 0 spiro atoms. The van der Waals surface area contributed by atoms with Gasteiger partial charge in [-0.05, 0) is 36.8 Å². The lowest BCUT2D eigenvalue weighted by Crippen LogP contribution is -2.04. The Morgan fingerprint density at radius 3 is 2.70 bits per heavy atom. The zero-order chi connectivity index (χ0) is 16.2. The van der Waals surface area contributed by atoms with Crippen molar-refractivity contribution in [3.63, 3.8) is 0 Å². The first-order valence-corrected chi connectivity index (χ1v) is 7.57. The Hall–Kier alpha value is -2.75. The molecule has 23 heavy (non-hydrogen) atoms. The van der Waals surface area contributed by atoms with Gasteiger partial charge in [0.2, 0.25) is 0 Å². The summed E-state index contributed by atoms with van der Waals surface area (Å²) in [5.41, 5.74) is 3.16. The number of ether oxygens (including phenoxy) is 2. The molecule has 0 saturated heterocycles. The first kappa shape index (κ1) is 15.2. The zero-order valence-electron chi connectivity index (χ0n) is 13.6. The van der Waals surface area contributed by atoms with Gasteiger partial charge in [-0.15, -0.1) is 0 Å². The number of hydrogen-bond donors (Lipinski definition) is 0. The van der Waals surface area contributed by atoms with Crippen LogP contribution in [-0.2, 0) is 13.7 Å². The lowest BCUT2D eigenvalue weighted by atomic mass is 10.2. The van der Waals surface area contributed by atoms with E-state index in [9.17, 15) is 0 Å². The van der Waals surface area contributed by atoms with Crippen LogP contribution < -0.4 is 9.47 Å². The molecule has 3 aromatic rings. The molecule has 2 aromatic carbocycles. The van der Waals surface area contributed by atoms with Gasteiger partial charge < -0.3 is 14.0 Å². The van der Waals surface area contributed by atoms with Gasteiger partial charge in [-0.1, -0.05) is 30.4 Å². The van der Waals surface area contributed by atoms with Crippen LogP contribution in [0.3, 0.4) is 0 Å². The van der Waals surface area contributed by atoms with Gasteiger partial charge in [0.25, 0.3) is 0 Å². The molecule has 1 aromatic heterocycles. The molecular weight excluding hydrogens is 288 g/mol. The van der Waals surface area contributed by atoms with Crippen molar-refractivity contribution in [1.82, 2.24) is 9.55 Å². The van der Waals surface area contributed by atoms with Crippen LogP contribution in [0, 0.1) is 0 Å². The number of benzene rings is 2. The lowest BCUT2D eigenvalue weighted by Gasteiger charge is -2.11. The van der Waals surface area contributed by atoms with Gasteiger partial charge >= 0.3 is 0 Å². The normalized spacial score (nSPS) is 11.3. The van der Waals surface area contributed by atoms with Gasteiger partial charge in [0.1, 0.15) is 12.4 Å². The Morgan fingerprint density at radius 2 is 1.96 bits per heavy atom. The lowest BCUT2D eigenvalue weighted by molar-refractivity contribution is 0.273. The zero-order valence-corrected chi connectivity index (χ0v) is 13.6. The fraction of sp³-hybridized carbons (Fsp3) is 0.211. The van der Waals surface area contributed by atoms with E-state index < -0.39 is 0 Å². The second-order valence-corrected chi connectivity index (χ2v) is 5.27. The topological polar surface area (TPSA) is 36.3 Å². The molecule has 0 atom stereocenters. The first-order valence-electron chi connectivity index (χ1n) is 7.57. The van der Waals surface area contributed by atoms with Gasteiger partial charge in [0.05, 0.1) is 18.1 Å². The number of para-hydroxylation sites is 2. The third-order valence-corrected chi connectivity index (χ3v) is 3.78. The van der Waals surface area contributed by atoms with Crippen molar-refractivity contribution in [2.45, 2.75) is 13.5 Å². The summed E-state index contributed by atoms with van der Waals surface area (Å²) in [5, 5.41) is 0. The number of nitrogens with zero attached hydrogens (tertiary/aromatic N) is 2. The Labute approximate surface area is 136 Å². The highest BCUT2D eigenvalue weighted by Crippen LogP contribution is 2.29. The molecule has 0 saturated carbocycles. The van der Waals surface area contributed by atoms with Gasteiger partial charge in [-0.25, -0.2) is 4.98 Å². The van der Waals surface area contributed by atoms with E-state index in [4.69, 9.17) is 9.47 Å². The molecule has 118 valence electrons.